The molecule has 7 nitrogen and oxygen atoms in total. The molecular formula is C21H15ClN4O3S2. The number of thiophene rings is 1. The van der Waals surface area contributed by atoms with Crippen LogP contribution in [0.2, 0.25) is 5.02 Å². The Hall–Kier alpha value is -3.01. The lowest BCUT2D eigenvalue weighted by molar-refractivity contribution is -0.384. The number of rotatable bonds is 8. The molecule has 0 unspecified atom stereocenters. The molecule has 156 valence electrons. The monoisotopic (exact) mass is 470 g/mol. The minimum Gasteiger partial charge on any atom is -0.297 e. The Labute approximate surface area is 190 Å². The Balaban J connectivity index is 1.58. The zero-order chi connectivity index (χ0) is 22.0. The number of hydrogen-bond acceptors (Lipinski definition) is 7. The van der Waals surface area contributed by atoms with Crippen LogP contribution in [0.5, 0.6) is 0 Å². The first kappa shape index (κ1) is 21.2. The lowest BCUT2D eigenvalue weighted by atomic mass is 10.1. The van der Waals surface area contributed by atoms with E-state index in [2.05, 4.69) is 16.8 Å². The van der Waals surface area contributed by atoms with Crippen LogP contribution in [-0.4, -0.2) is 31.2 Å². The second-order valence-electron chi connectivity index (χ2n) is 6.46. The lowest BCUT2D eigenvalue weighted by Crippen LogP contribution is -2.05. The Morgan fingerprint density at radius 2 is 1.97 bits per heavy atom. The Bertz CT molecular complexity index is 1300. The highest BCUT2D eigenvalue weighted by Crippen LogP contribution is 2.41. The molecule has 31 heavy (non-hydrogen) atoms. The van der Waals surface area contributed by atoms with Crippen LogP contribution in [0.25, 0.3) is 20.8 Å². The first-order valence-corrected chi connectivity index (χ1v) is 11.3. The summed E-state index contributed by atoms with van der Waals surface area (Å²) >= 11 is 9.39. The van der Waals surface area contributed by atoms with E-state index in [0.29, 0.717) is 28.1 Å². The standard InChI is InChI=1S/C21H15ClN4O3S2/c1-2-11-25-20(19-18(22)15-5-3-4-6-17(15)31-19)23-24-21(25)30-12-16(27)13-7-9-14(10-8-13)26(28)29/h2-10H,1,11-12H2. The second-order valence-corrected chi connectivity index (χ2v) is 8.84. The summed E-state index contributed by atoms with van der Waals surface area (Å²) in [6.45, 7) is 4.26. The number of non-ortho nitro benzene ring substituents is 1. The van der Waals surface area contributed by atoms with Gasteiger partial charge in [0.25, 0.3) is 5.69 Å². The molecule has 0 spiro atoms. The molecule has 0 bridgehead atoms. The van der Waals surface area contributed by atoms with Gasteiger partial charge in [-0.2, -0.15) is 0 Å². The van der Waals surface area contributed by atoms with Crippen molar-refractivity contribution < 1.29 is 9.72 Å². The minimum absolute atomic E-state index is 0.0558. The van der Waals surface area contributed by atoms with E-state index in [-0.39, 0.29) is 17.2 Å². The van der Waals surface area contributed by atoms with Gasteiger partial charge in [-0.1, -0.05) is 47.6 Å². The molecule has 0 amide bonds. The minimum atomic E-state index is -0.499. The molecule has 4 aromatic rings. The van der Waals surface area contributed by atoms with Crippen LogP contribution in [0.15, 0.2) is 66.3 Å². The quantitative estimate of drug-likeness (QED) is 0.105. The van der Waals surface area contributed by atoms with Gasteiger partial charge in [0, 0.05) is 34.3 Å². The van der Waals surface area contributed by atoms with E-state index in [4.69, 9.17) is 11.6 Å². The summed E-state index contributed by atoms with van der Waals surface area (Å²) < 4.78 is 2.93. The molecule has 0 saturated heterocycles. The molecular weight excluding hydrogens is 456 g/mol. The normalized spacial score (nSPS) is 11.0. The van der Waals surface area contributed by atoms with E-state index in [0.717, 1.165) is 15.0 Å². The molecule has 2 aromatic carbocycles. The first-order valence-electron chi connectivity index (χ1n) is 9.11. The van der Waals surface area contributed by atoms with Gasteiger partial charge in [-0.05, 0) is 18.2 Å². The SMILES string of the molecule is C=CCn1c(SCC(=O)c2ccc([N+](=O)[O-])cc2)nnc1-c1sc2ccccc2c1Cl. The average Bonchev–Trinajstić information content (AvgIpc) is 3.33. The summed E-state index contributed by atoms with van der Waals surface area (Å²) in [6, 6.07) is 13.4. The van der Waals surface area contributed by atoms with Crippen LogP contribution in [0.1, 0.15) is 10.4 Å². The molecule has 0 atom stereocenters. The fourth-order valence-corrected chi connectivity index (χ4v) is 5.35. The summed E-state index contributed by atoms with van der Waals surface area (Å²) in [6.07, 6.45) is 1.73. The van der Waals surface area contributed by atoms with E-state index >= 15 is 0 Å². The van der Waals surface area contributed by atoms with Gasteiger partial charge < -0.3 is 0 Å². The van der Waals surface area contributed by atoms with Crippen molar-refractivity contribution in [1.82, 2.24) is 14.8 Å². The Morgan fingerprint density at radius 1 is 1.23 bits per heavy atom. The van der Waals surface area contributed by atoms with Gasteiger partial charge in [-0.3, -0.25) is 19.5 Å². The molecule has 4 rings (SSSR count). The second kappa shape index (κ2) is 9.01. The topological polar surface area (TPSA) is 90.9 Å². The number of halogens is 1. The number of carbonyl (C=O) groups is 1. The average molecular weight is 471 g/mol. The molecule has 2 aromatic heterocycles. The van der Waals surface area contributed by atoms with Crippen LogP contribution >= 0.6 is 34.7 Å². The van der Waals surface area contributed by atoms with E-state index in [1.54, 1.807) is 6.08 Å². The number of aromatic nitrogens is 3. The van der Waals surface area contributed by atoms with E-state index in [1.807, 2.05) is 28.8 Å². The number of benzene rings is 2. The Morgan fingerprint density at radius 3 is 2.65 bits per heavy atom. The van der Waals surface area contributed by atoms with Gasteiger partial charge in [0.1, 0.15) is 0 Å². The highest BCUT2D eigenvalue weighted by Gasteiger charge is 2.21. The van der Waals surface area contributed by atoms with Gasteiger partial charge in [-0.25, -0.2) is 0 Å². The van der Waals surface area contributed by atoms with Crippen LogP contribution < -0.4 is 0 Å². The van der Waals surface area contributed by atoms with E-state index < -0.39 is 4.92 Å². The van der Waals surface area contributed by atoms with Crippen LogP contribution in [0.3, 0.4) is 0 Å². The first-order chi connectivity index (χ1) is 15.0. The summed E-state index contributed by atoms with van der Waals surface area (Å²) in [5.74, 6) is 0.582. The summed E-state index contributed by atoms with van der Waals surface area (Å²) in [4.78, 5) is 23.6. The van der Waals surface area contributed by atoms with Gasteiger partial charge in [-0.15, -0.1) is 28.1 Å². The summed E-state index contributed by atoms with van der Waals surface area (Å²) in [5.41, 5.74) is 0.348. The highest BCUT2D eigenvalue weighted by atomic mass is 35.5. The zero-order valence-electron chi connectivity index (χ0n) is 16.0. The number of nitrogens with zero attached hydrogens (tertiary/aromatic N) is 4. The number of Topliss-reactive ketones (excluding diaryl/α,β-unsaturated/α-hetero) is 1. The van der Waals surface area contributed by atoms with Crippen molar-refractivity contribution in [3.05, 3.63) is 81.9 Å². The van der Waals surface area contributed by atoms with Crippen molar-refractivity contribution >= 4 is 56.3 Å². The fourth-order valence-electron chi connectivity index (χ4n) is 3.00. The predicted molar refractivity (Wildman–Crippen MR) is 124 cm³/mol. The molecule has 0 N–H and O–H groups in total. The lowest BCUT2D eigenvalue weighted by Gasteiger charge is -2.07. The van der Waals surface area contributed by atoms with Crippen LogP contribution in [-0.2, 0) is 6.54 Å². The maximum atomic E-state index is 12.5. The van der Waals surface area contributed by atoms with Gasteiger partial charge in [0.15, 0.2) is 16.8 Å². The van der Waals surface area contributed by atoms with Crippen molar-refractivity contribution in [3.8, 4) is 10.7 Å². The Kier molecular flexibility index (Phi) is 6.17. The van der Waals surface area contributed by atoms with E-state index in [1.165, 1.54) is 47.4 Å². The predicted octanol–water partition coefficient (Wildman–Crippen LogP) is 5.88. The summed E-state index contributed by atoms with van der Waals surface area (Å²) in [5, 5.41) is 21.5. The van der Waals surface area contributed by atoms with Crippen molar-refractivity contribution in [2.45, 2.75) is 11.7 Å². The number of ketones is 1. The van der Waals surface area contributed by atoms with Crippen molar-refractivity contribution in [1.29, 1.82) is 0 Å². The van der Waals surface area contributed by atoms with Gasteiger partial charge >= 0.3 is 0 Å². The number of fused-ring (bicyclic) bond motifs is 1. The van der Waals surface area contributed by atoms with Gasteiger partial charge in [0.05, 0.1) is 20.6 Å². The third-order valence-corrected chi connectivity index (χ3v) is 7.14. The van der Waals surface area contributed by atoms with Crippen molar-refractivity contribution in [3.63, 3.8) is 0 Å². The van der Waals surface area contributed by atoms with Crippen LogP contribution in [0.4, 0.5) is 5.69 Å². The fraction of sp³-hybridized carbons (Fsp3) is 0.0952. The third-order valence-electron chi connectivity index (χ3n) is 4.50. The number of hydrogen-bond donors (Lipinski definition) is 0. The smallest absolute Gasteiger partial charge is 0.269 e. The molecule has 0 radical (unpaired) electrons. The maximum absolute atomic E-state index is 12.5. The number of nitro benzene ring substituents is 1. The largest absolute Gasteiger partial charge is 0.297 e. The molecule has 0 aliphatic carbocycles. The van der Waals surface area contributed by atoms with Crippen molar-refractivity contribution in [2.75, 3.05) is 5.75 Å². The molecule has 0 aliphatic heterocycles. The molecule has 10 heteroatoms. The molecule has 0 aliphatic rings. The maximum Gasteiger partial charge on any atom is 0.269 e. The zero-order valence-corrected chi connectivity index (χ0v) is 18.4. The molecule has 2 heterocycles. The van der Waals surface area contributed by atoms with Crippen LogP contribution in [0, 0.1) is 10.1 Å². The molecule has 0 saturated carbocycles. The number of thioether (sulfide) groups is 1. The number of carbonyl (C=O) groups excluding carboxylic acids is 1. The van der Waals surface area contributed by atoms with E-state index in [9.17, 15) is 14.9 Å². The number of allylic oxidation sites excluding steroid dienone is 1. The summed E-state index contributed by atoms with van der Waals surface area (Å²) in [7, 11) is 0. The van der Waals surface area contributed by atoms with Crippen molar-refractivity contribution in [2.24, 2.45) is 0 Å². The number of nitro groups is 1. The highest BCUT2D eigenvalue weighted by molar-refractivity contribution is 7.99. The third kappa shape index (κ3) is 4.25. The molecule has 0 fully saturated rings. The van der Waals surface area contributed by atoms with Gasteiger partial charge in [0.2, 0.25) is 0 Å².